The Bertz CT molecular complexity index is 1040. The van der Waals surface area contributed by atoms with E-state index >= 15 is 0 Å². The number of alkyl halides is 3. The molecule has 0 saturated heterocycles. The molecule has 0 aliphatic carbocycles. The minimum atomic E-state index is -4.55. The Morgan fingerprint density at radius 1 is 1.03 bits per heavy atom. The lowest BCUT2D eigenvalue weighted by Crippen LogP contribution is -2.19. The molecule has 1 unspecified atom stereocenters. The van der Waals surface area contributed by atoms with Crippen molar-refractivity contribution in [3.05, 3.63) is 79.4 Å². The van der Waals surface area contributed by atoms with Crippen molar-refractivity contribution in [2.75, 3.05) is 5.01 Å². The van der Waals surface area contributed by atoms with Gasteiger partial charge in [0.05, 0.1) is 31.7 Å². The van der Waals surface area contributed by atoms with Gasteiger partial charge in [-0.15, -0.1) is 0 Å². The number of hydrogen-bond acceptors (Lipinski definition) is 2. The van der Waals surface area contributed by atoms with Gasteiger partial charge in [0, 0.05) is 12.4 Å². The van der Waals surface area contributed by atoms with Crippen molar-refractivity contribution in [1.82, 2.24) is 0 Å². The first-order chi connectivity index (χ1) is 14.6. The minimum Gasteiger partial charge on any atom is -0.240 e. The van der Waals surface area contributed by atoms with Crippen molar-refractivity contribution in [3.63, 3.8) is 0 Å². The van der Waals surface area contributed by atoms with Gasteiger partial charge in [0.15, 0.2) is 0 Å². The van der Waals surface area contributed by atoms with Crippen LogP contribution >= 0.6 is 46.4 Å². The lowest BCUT2D eigenvalue weighted by Gasteiger charge is -2.19. The van der Waals surface area contributed by atoms with Crippen molar-refractivity contribution in [2.24, 2.45) is 5.10 Å². The molecule has 0 spiro atoms. The zero-order chi connectivity index (χ0) is 22.8. The normalized spacial score (nSPS) is 15.9. The zero-order valence-corrected chi connectivity index (χ0v) is 19.3. The number of rotatable bonds is 4. The van der Waals surface area contributed by atoms with Gasteiger partial charge in [-0.05, 0) is 55.2 Å². The lowest BCUT2D eigenvalue weighted by atomic mass is 9.97. The fourth-order valence-corrected chi connectivity index (χ4v) is 3.95. The largest absolute Gasteiger partial charge is 0.399 e. The van der Waals surface area contributed by atoms with Crippen molar-refractivity contribution in [2.45, 2.75) is 31.9 Å². The third-order valence-corrected chi connectivity index (χ3v) is 6.13. The molecule has 1 aliphatic rings. The van der Waals surface area contributed by atoms with Gasteiger partial charge in [0.1, 0.15) is 0 Å². The minimum absolute atomic E-state index is 0.0137. The summed E-state index contributed by atoms with van der Waals surface area (Å²) in [5.74, 6) is -1.92. The molecule has 0 N–H and O–H groups in total. The molecule has 2 aromatic carbocycles. The first-order valence-electron chi connectivity index (χ1n) is 9.24. The van der Waals surface area contributed by atoms with Crippen LogP contribution in [-0.4, -0.2) is 12.4 Å². The molecule has 0 bridgehead atoms. The number of nitrogens with zero attached hydrogens (tertiary/aromatic N) is 2. The Hall–Kier alpha value is -1.66. The fourth-order valence-electron chi connectivity index (χ4n) is 3.06. The Morgan fingerprint density at radius 2 is 1.71 bits per heavy atom. The van der Waals surface area contributed by atoms with Gasteiger partial charge >= 0.3 is 6.18 Å². The molecule has 0 amide bonds. The average molecular weight is 508 g/mol. The highest BCUT2D eigenvalue weighted by Crippen LogP contribution is 2.41. The van der Waals surface area contributed by atoms with Gasteiger partial charge < -0.3 is 0 Å². The van der Waals surface area contributed by atoms with E-state index in [4.69, 9.17) is 46.4 Å². The second kappa shape index (κ2) is 9.86. The number of halogens is 7. The molecule has 0 aromatic heterocycles. The number of benzene rings is 2. The van der Waals surface area contributed by atoms with Crippen LogP contribution in [0.3, 0.4) is 0 Å². The molecule has 164 valence electrons. The number of anilines is 1. The van der Waals surface area contributed by atoms with Gasteiger partial charge in [-0.1, -0.05) is 70.2 Å². The van der Waals surface area contributed by atoms with Crippen LogP contribution in [0.1, 0.15) is 36.8 Å². The molecule has 31 heavy (non-hydrogen) atoms. The maximum Gasteiger partial charge on any atom is 0.399 e. The Kier molecular flexibility index (Phi) is 7.63. The van der Waals surface area contributed by atoms with Crippen molar-refractivity contribution < 1.29 is 13.2 Å². The highest BCUT2D eigenvalue weighted by atomic mass is 35.5. The standard InChI is InChI=1S/C22H17Cl4F3N2/c1-13-3-2-8-30-31(12-13)20-7-5-14(9-17(20)23)4-6-16(22(27,28)29)15-10-18(24)21(26)19(25)11-15/h4-12,16H,2-3H2,1H3/b6-4+. The Morgan fingerprint density at radius 3 is 2.32 bits per heavy atom. The molecule has 1 aliphatic heterocycles. The van der Waals surface area contributed by atoms with Gasteiger partial charge in [-0.3, -0.25) is 0 Å². The predicted octanol–water partition coefficient (Wildman–Crippen LogP) is 9.15. The van der Waals surface area contributed by atoms with Crippen LogP contribution < -0.4 is 5.01 Å². The molecule has 2 aromatic rings. The summed E-state index contributed by atoms with van der Waals surface area (Å²) >= 11 is 24.1. The van der Waals surface area contributed by atoms with E-state index in [1.54, 1.807) is 29.4 Å². The molecular formula is C22H17Cl4F3N2. The molecule has 2 nitrogen and oxygen atoms in total. The first kappa shape index (κ1) is 24.0. The van der Waals surface area contributed by atoms with E-state index in [1.807, 2.05) is 13.1 Å². The SMILES string of the molecule is CC1=CN(c2ccc(/C=C/C(c3cc(Cl)c(Cl)c(Cl)c3)C(F)(F)F)cc2Cl)N=CCC1. The van der Waals surface area contributed by atoms with Crippen LogP contribution in [0, 0.1) is 0 Å². The van der Waals surface area contributed by atoms with E-state index in [1.165, 1.54) is 18.2 Å². The molecule has 9 heteroatoms. The van der Waals surface area contributed by atoms with E-state index in [0.29, 0.717) is 16.3 Å². The number of hydrazone groups is 1. The number of hydrogen-bond donors (Lipinski definition) is 0. The highest BCUT2D eigenvalue weighted by molar-refractivity contribution is 6.48. The van der Waals surface area contributed by atoms with Crippen molar-refractivity contribution in [3.8, 4) is 0 Å². The molecular weight excluding hydrogens is 491 g/mol. The van der Waals surface area contributed by atoms with Crippen LogP contribution in [0.15, 0.2) is 53.3 Å². The molecule has 0 radical (unpaired) electrons. The first-order valence-corrected chi connectivity index (χ1v) is 10.8. The zero-order valence-electron chi connectivity index (χ0n) is 16.2. The second-order valence-electron chi connectivity index (χ2n) is 7.04. The van der Waals surface area contributed by atoms with Gasteiger partial charge in [0.2, 0.25) is 0 Å². The summed E-state index contributed by atoms with van der Waals surface area (Å²) < 4.78 is 41.1. The molecule has 0 fully saturated rings. The summed E-state index contributed by atoms with van der Waals surface area (Å²) in [7, 11) is 0. The maximum atomic E-state index is 13.7. The van der Waals surface area contributed by atoms with Crippen LogP contribution in [0.4, 0.5) is 18.9 Å². The third kappa shape index (κ3) is 5.98. The summed E-state index contributed by atoms with van der Waals surface area (Å²) in [6.45, 7) is 2.00. The van der Waals surface area contributed by atoms with E-state index in [0.717, 1.165) is 24.5 Å². The summed E-state index contributed by atoms with van der Waals surface area (Å²) in [6, 6.07) is 7.32. The second-order valence-corrected chi connectivity index (χ2v) is 8.64. The summed E-state index contributed by atoms with van der Waals surface area (Å²) in [5, 5.41) is 6.31. The quantitative estimate of drug-likeness (QED) is 0.376. The van der Waals surface area contributed by atoms with Crippen LogP contribution in [0.2, 0.25) is 20.1 Å². The van der Waals surface area contributed by atoms with Gasteiger partial charge in [-0.25, -0.2) is 5.01 Å². The van der Waals surface area contributed by atoms with E-state index in [-0.39, 0.29) is 20.6 Å². The molecule has 1 heterocycles. The maximum absolute atomic E-state index is 13.7. The molecule has 3 rings (SSSR count). The topological polar surface area (TPSA) is 15.6 Å². The third-order valence-electron chi connectivity index (χ3n) is 4.63. The smallest absolute Gasteiger partial charge is 0.240 e. The average Bonchev–Trinajstić information content (AvgIpc) is 2.89. The Balaban J connectivity index is 1.91. The summed E-state index contributed by atoms with van der Waals surface area (Å²) in [4.78, 5) is 0. The van der Waals surface area contributed by atoms with Gasteiger partial charge in [0.25, 0.3) is 0 Å². The van der Waals surface area contributed by atoms with Gasteiger partial charge in [-0.2, -0.15) is 18.3 Å². The Labute approximate surface area is 198 Å². The molecule has 0 saturated carbocycles. The molecule has 1 atom stereocenters. The van der Waals surface area contributed by atoms with Crippen LogP contribution in [0.5, 0.6) is 0 Å². The van der Waals surface area contributed by atoms with Crippen LogP contribution in [-0.2, 0) is 0 Å². The highest BCUT2D eigenvalue weighted by Gasteiger charge is 2.39. The number of allylic oxidation sites excluding steroid dienone is 2. The predicted molar refractivity (Wildman–Crippen MR) is 125 cm³/mol. The van der Waals surface area contributed by atoms with Crippen molar-refractivity contribution >= 4 is 64.4 Å². The van der Waals surface area contributed by atoms with E-state index in [2.05, 4.69) is 5.10 Å². The lowest BCUT2D eigenvalue weighted by molar-refractivity contribution is -0.139. The van der Waals surface area contributed by atoms with Crippen LogP contribution in [0.25, 0.3) is 6.08 Å². The summed E-state index contributed by atoms with van der Waals surface area (Å²) in [5.41, 5.74) is 2.19. The van der Waals surface area contributed by atoms with E-state index < -0.39 is 12.1 Å². The van der Waals surface area contributed by atoms with Crippen molar-refractivity contribution in [1.29, 1.82) is 0 Å². The monoisotopic (exact) mass is 506 g/mol. The summed E-state index contributed by atoms with van der Waals surface area (Å²) in [6.07, 6.45) is 3.25. The van der Waals surface area contributed by atoms with E-state index in [9.17, 15) is 13.2 Å². The fraction of sp³-hybridized carbons (Fsp3) is 0.227.